The van der Waals surface area contributed by atoms with Crippen LogP contribution in [0.2, 0.25) is 0 Å². The second-order valence-corrected chi connectivity index (χ2v) is 10.1. The third-order valence-corrected chi connectivity index (χ3v) is 7.15. The van der Waals surface area contributed by atoms with Gasteiger partial charge in [0.25, 0.3) is 5.56 Å². The Kier molecular flexibility index (Phi) is 6.82. The number of aromatic nitrogens is 2. The van der Waals surface area contributed by atoms with E-state index in [1.165, 1.54) is 6.07 Å². The molecule has 0 aliphatic carbocycles. The number of sulfonamides is 1. The van der Waals surface area contributed by atoms with Crippen LogP contribution >= 0.6 is 11.8 Å². The summed E-state index contributed by atoms with van der Waals surface area (Å²) in [6.07, 6.45) is 0. The molecule has 1 heterocycles. The van der Waals surface area contributed by atoms with Crippen molar-refractivity contribution in [1.82, 2.24) is 9.55 Å². The number of benzene rings is 3. The molecule has 0 atom stereocenters. The van der Waals surface area contributed by atoms with Crippen molar-refractivity contribution in [1.29, 1.82) is 0 Å². The minimum absolute atomic E-state index is 0.0296. The standard InChI is InChI=1S/C24H22N4O4S2/c1-16-11-12-18(13-21(16)34(25,31)32)26-22(29)15-33-24-27-20-10-6-5-9-19(20)23(30)28(24)14-17-7-3-2-4-8-17/h2-13H,14-15H2,1H3,(H,26,29)(H2,25,31,32). The summed E-state index contributed by atoms with van der Waals surface area (Å²) in [5, 5.41) is 8.84. The van der Waals surface area contributed by atoms with Crippen LogP contribution < -0.4 is 16.0 Å². The first kappa shape index (κ1) is 23.7. The highest BCUT2D eigenvalue weighted by molar-refractivity contribution is 7.99. The van der Waals surface area contributed by atoms with E-state index < -0.39 is 10.0 Å². The fourth-order valence-electron chi connectivity index (χ4n) is 3.47. The molecule has 1 amide bonds. The number of thioether (sulfide) groups is 1. The van der Waals surface area contributed by atoms with Crippen LogP contribution in [0.5, 0.6) is 0 Å². The lowest BCUT2D eigenvalue weighted by Gasteiger charge is -2.13. The van der Waals surface area contributed by atoms with Crippen molar-refractivity contribution < 1.29 is 13.2 Å². The van der Waals surface area contributed by atoms with E-state index in [0.29, 0.717) is 33.9 Å². The van der Waals surface area contributed by atoms with Crippen LogP contribution in [-0.2, 0) is 21.4 Å². The summed E-state index contributed by atoms with van der Waals surface area (Å²) in [5.41, 5.74) is 2.10. The Balaban J connectivity index is 1.59. The van der Waals surface area contributed by atoms with Gasteiger partial charge in [-0.15, -0.1) is 0 Å². The average Bonchev–Trinajstić information content (AvgIpc) is 2.81. The highest BCUT2D eigenvalue weighted by Crippen LogP contribution is 2.21. The summed E-state index contributed by atoms with van der Waals surface area (Å²) in [6.45, 7) is 1.94. The maximum atomic E-state index is 13.2. The highest BCUT2D eigenvalue weighted by atomic mass is 32.2. The predicted octanol–water partition coefficient (Wildman–Crippen LogP) is 3.13. The molecule has 3 N–H and O–H groups in total. The van der Waals surface area contributed by atoms with Crippen molar-refractivity contribution >= 4 is 44.3 Å². The molecule has 0 bridgehead atoms. The van der Waals surface area contributed by atoms with Crippen molar-refractivity contribution in [2.24, 2.45) is 5.14 Å². The topological polar surface area (TPSA) is 124 Å². The van der Waals surface area contributed by atoms with E-state index in [4.69, 9.17) is 5.14 Å². The number of carbonyl (C=O) groups is 1. The number of aryl methyl sites for hydroxylation is 1. The molecular formula is C24H22N4O4S2. The van der Waals surface area contributed by atoms with Crippen LogP contribution in [0.25, 0.3) is 10.9 Å². The van der Waals surface area contributed by atoms with Gasteiger partial charge in [-0.1, -0.05) is 60.3 Å². The van der Waals surface area contributed by atoms with Crippen molar-refractivity contribution in [2.75, 3.05) is 11.1 Å². The third-order valence-electron chi connectivity index (χ3n) is 5.12. The van der Waals surface area contributed by atoms with Gasteiger partial charge in [0.05, 0.1) is 28.1 Å². The second-order valence-electron chi connectivity index (χ2n) is 7.65. The van der Waals surface area contributed by atoms with Crippen LogP contribution in [0.1, 0.15) is 11.1 Å². The van der Waals surface area contributed by atoms with Crippen LogP contribution in [0.3, 0.4) is 0 Å². The molecule has 10 heteroatoms. The number of carbonyl (C=O) groups excluding carboxylic acids is 1. The molecule has 0 fully saturated rings. The summed E-state index contributed by atoms with van der Waals surface area (Å²) in [4.78, 5) is 30.4. The molecule has 0 aliphatic rings. The zero-order valence-corrected chi connectivity index (χ0v) is 19.9. The fraction of sp³-hybridized carbons (Fsp3) is 0.125. The van der Waals surface area contributed by atoms with Crippen molar-refractivity contribution in [2.45, 2.75) is 23.5 Å². The van der Waals surface area contributed by atoms with E-state index >= 15 is 0 Å². The van der Waals surface area contributed by atoms with E-state index in [0.717, 1.165) is 17.3 Å². The van der Waals surface area contributed by atoms with Crippen LogP contribution in [0.4, 0.5) is 5.69 Å². The number of hydrogen-bond donors (Lipinski definition) is 2. The van der Waals surface area contributed by atoms with Gasteiger partial charge in [0.2, 0.25) is 15.9 Å². The Bertz CT molecular complexity index is 1530. The second kappa shape index (κ2) is 9.80. The molecule has 1 aromatic heterocycles. The molecule has 34 heavy (non-hydrogen) atoms. The van der Waals surface area contributed by atoms with Crippen LogP contribution in [-0.4, -0.2) is 29.6 Å². The summed E-state index contributed by atoms with van der Waals surface area (Å²) >= 11 is 1.13. The van der Waals surface area contributed by atoms with Crippen LogP contribution in [0, 0.1) is 6.92 Å². The smallest absolute Gasteiger partial charge is 0.262 e. The SMILES string of the molecule is Cc1ccc(NC(=O)CSc2nc3ccccc3c(=O)n2Cc2ccccc2)cc1S(N)(=O)=O. The number of primary sulfonamides is 1. The normalized spacial score (nSPS) is 11.5. The minimum atomic E-state index is -3.91. The average molecular weight is 495 g/mol. The Labute approximate surface area is 200 Å². The van der Waals surface area contributed by atoms with Gasteiger partial charge in [0.15, 0.2) is 5.16 Å². The lowest BCUT2D eigenvalue weighted by molar-refractivity contribution is -0.113. The number of nitrogens with two attached hydrogens (primary N) is 1. The first-order valence-corrected chi connectivity index (χ1v) is 12.8. The van der Waals surface area contributed by atoms with E-state index in [2.05, 4.69) is 10.3 Å². The Morgan fingerprint density at radius 1 is 1.06 bits per heavy atom. The number of nitrogens with one attached hydrogen (secondary N) is 1. The Morgan fingerprint density at radius 2 is 1.76 bits per heavy atom. The molecule has 4 aromatic rings. The summed E-state index contributed by atoms with van der Waals surface area (Å²) in [6, 6.07) is 21.1. The number of rotatable bonds is 7. The molecule has 0 aliphatic heterocycles. The third kappa shape index (κ3) is 5.36. The molecule has 3 aromatic carbocycles. The predicted molar refractivity (Wildman–Crippen MR) is 133 cm³/mol. The molecule has 4 rings (SSSR count). The van der Waals surface area contributed by atoms with Gasteiger partial charge >= 0.3 is 0 Å². The zero-order valence-electron chi connectivity index (χ0n) is 18.3. The van der Waals surface area contributed by atoms with Gasteiger partial charge in [0, 0.05) is 5.69 Å². The molecule has 0 saturated carbocycles. The van der Waals surface area contributed by atoms with Gasteiger partial charge in [-0.3, -0.25) is 14.2 Å². The quantitative estimate of drug-likeness (QED) is 0.300. The Morgan fingerprint density at radius 3 is 2.50 bits per heavy atom. The van der Waals surface area contributed by atoms with Gasteiger partial charge in [-0.25, -0.2) is 18.5 Å². The molecule has 0 unspecified atom stereocenters. The molecule has 0 radical (unpaired) electrons. The summed E-state index contributed by atoms with van der Waals surface area (Å²) < 4.78 is 25.1. The Hall–Kier alpha value is -3.47. The van der Waals surface area contributed by atoms with Gasteiger partial charge in [-0.05, 0) is 42.3 Å². The van der Waals surface area contributed by atoms with E-state index in [1.54, 1.807) is 47.9 Å². The highest BCUT2D eigenvalue weighted by Gasteiger charge is 2.16. The lowest BCUT2D eigenvalue weighted by Crippen LogP contribution is -2.25. The first-order valence-electron chi connectivity index (χ1n) is 10.3. The summed E-state index contributed by atoms with van der Waals surface area (Å²) in [7, 11) is -3.91. The first-order chi connectivity index (χ1) is 16.2. The minimum Gasteiger partial charge on any atom is -0.325 e. The number of fused-ring (bicyclic) bond motifs is 1. The van der Waals surface area contributed by atoms with Gasteiger partial charge in [-0.2, -0.15) is 0 Å². The molecular weight excluding hydrogens is 472 g/mol. The number of nitrogens with zero attached hydrogens (tertiary/aromatic N) is 2. The van der Waals surface area contributed by atoms with Crippen molar-refractivity contribution in [3.63, 3.8) is 0 Å². The van der Waals surface area contributed by atoms with E-state index in [-0.39, 0.29) is 22.1 Å². The van der Waals surface area contributed by atoms with Gasteiger partial charge < -0.3 is 5.32 Å². The van der Waals surface area contributed by atoms with E-state index in [9.17, 15) is 18.0 Å². The summed E-state index contributed by atoms with van der Waals surface area (Å²) in [5.74, 6) is -0.402. The largest absolute Gasteiger partial charge is 0.325 e. The fourth-order valence-corrected chi connectivity index (χ4v) is 5.08. The van der Waals surface area contributed by atoms with Crippen molar-refractivity contribution in [3.05, 3.63) is 94.3 Å². The van der Waals surface area contributed by atoms with Gasteiger partial charge in [0.1, 0.15) is 0 Å². The van der Waals surface area contributed by atoms with E-state index in [1.807, 2.05) is 30.3 Å². The van der Waals surface area contributed by atoms with Crippen LogP contribution in [0.15, 0.2) is 87.6 Å². The monoisotopic (exact) mass is 494 g/mol. The number of anilines is 1. The maximum Gasteiger partial charge on any atom is 0.262 e. The lowest BCUT2D eigenvalue weighted by atomic mass is 10.2. The molecule has 0 saturated heterocycles. The molecule has 0 spiro atoms. The zero-order chi connectivity index (χ0) is 24.3. The maximum absolute atomic E-state index is 13.2. The number of amides is 1. The molecule has 8 nitrogen and oxygen atoms in total. The number of para-hydroxylation sites is 1. The number of hydrogen-bond acceptors (Lipinski definition) is 6. The molecule has 174 valence electrons. The van der Waals surface area contributed by atoms with Crippen molar-refractivity contribution in [3.8, 4) is 0 Å².